The number of hydrogen-bond donors (Lipinski definition) is 0. The van der Waals surface area contributed by atoms with Crippen LogP contribution in [0.15, 0.2) is 42.5 Å². The van der Waals surface area contributed by atoms with Crippen LogP contribution in [0.5, 0.6) is 0 Å². The SMILES string of the molecule is CCOC(=O)C(c1ccc2nsnc2c1)C(C(=O)OC)c1ccc(N(C)C)cc1. The van der Waals surface area contributed by atoms with Crippen LogP contribution in [0, 0.1) is 0 Å². The number of hydrogen-bond acceptors (Lipinski definition) is 8. The van der Waals surface area contributed by atoms with E-state index < -0.39 is 23.8 Å². The Balaban J connectivity index is 2.11. The fourth-order valence-electron chi connectivity index (χ4n) is 3.26. The van der Waals surface area contributed by atoms with Gasteiger partial charge < -0.3 is 14.4 Å². The average molecular weight is 413 g/mol. The van der Waals surface area contributed by atoms with E-state index >= 15 is 0 Å². The van der Waals surface area contributed by atoms with E-state index in [2.05, 4.69) is 8.75 Å². The van der Waals surface area contributed by atoms with Crippen molar-refractivity contribution in [3.8, 4) is 0 Å². The highest BCUT2D eigenvalue weighted by molar-refractivity contribution is 7.00. The summed E-state index contributed by atoms with van der Waals surface area (Å²) >= 11 is 1.10. The van der Waals surface area contributed by atoms with Gasteiger partial charge in [0.15, 0.2) is 0 Å². The third-order valence-electron chi connectivity index (χ3n) is 4.73. The Morgan fingerprint density at radius 1 is 0.966 bits per heavy atom. The number of esters is 2. The van der Waals surface area contributed by atoms with Crippen LogP contribution in [0.2, 0.25) is 0 Å². The summed E-state index contributed by atoms with van der Waals surface area (Å²) in [6, 6.07) is 12.9. The molecular formula is C21H23N3O4S. The van der Waals surface area contributed by atoms with Gasteiger partial charge in [-0.1, -0.05) is 18.2 Å². The molecule has 0 aliphatic carbocycles. The molecule has 152 valence electrons. The molecule has 7 nitrogen and oxygen atoms in total. The molecule has 2 unspecified atom stereocenters. The van der Waals surface area contributed by atoms with Crippen molar-refractivity contribution in [2.75, 3.05) is 32.7 Å². The Bertz CT molecular complexity index is 1000. The highest BCUT2D eigenvalue weighted by Crippen LogP contribution is 2.37. The van der Waals surface area contributed by atoms with Crippen molar-refractivity contribution in [1.29, 1.82) is 0 Å². The predicted molar refractivity (Wildman–Crippen MR) is 112 cm³/mol. The molecule has 0 saturated carbocycles. The molecule has 29 heavy (non-hydrogen) atoms. The van der Waals surface area contributed by atoms with Gasteiger partial charge >= 0.3 is 11.9 Å². The zero-order valence-electron chi connectivity index (χ0n) is 16.8. The maximum Gasteiger partial charge on any atom is 0.314 e. The van der Waals surface area contributed by atoms with Crippen molar-refractivity contribution < 1.29 is 19.1 Å². The summed E-state index contributed by atoms with van der Waals surface area (Å²) in [4.78, 5) is 27.7. The lowest BCUT2D eigenvalue weighted by Crippen LogP contribution is -2.29. The van der Waals surface area contributed by atoms with Gasteiger partial charge in [0.25, 0.3) is 0 Å². The second kappa shape index (κ2) is 9.00. The third kappa shape index (κ3) is 4.37. The second-order valence-corrected chi connectivity index (χ2v) is 7.26. The Labute approximate surface area is 173 Å². The Hall–Kier alpha value is -3.00. The largest absolute Gasteiger partial charge is 0.469 e. The number of carbonyl (C=O) groups excluding carboxylic acids is 2. The van der Waals surface area contributed by atoms with Crippen LogP contribution in [-0.4, -0.2) is 48.5 Å². The second-order valence-electron chi connectivity index (χ2n) is 6.73. The predicted octanol–water partition coefficient (Wildman–Crippen LogP) is 3.36. The van der Waals surface area contributed by atoms with E-state index in [9.17, 15) is 9.59 Å². The normalized spacial score (nSPS) is 13.0. The quantitative estimate of drug-likeness (QED) is 0.549. The molecule has 8 heteroatoms. The number of anilines is 1. The topological polar surface area (TPSA) is 81.6 Å². The molecular weight excluding hydrogens is 390 g/mol. The molecule has 0 saturated heterocycles. The van der Waals surface area contributed by atoms with E-state index in [1.165, 1.54) is 7.11 Å². The lowest BCUT2D eigenvalue weighted by atomic mass is 9.81. The highest BCUT2D eigenvalue weighted by Gasteiger charge is 2.38. The van der Waals surface area contributed by atoms with Crippen LogP contribution in [0.4, 0.5) is 5.69 Å². The minimum absolute atomic E-state index is 0.212. The van der Waals surface area contributed by atoms with Crippen LogP contribution in [-0.2, 0) is 19.1 Å². The van der Waals surface area contributed by atoms with E-state index in [-0.39, 0.29) is 6.61 Å². The smallest absolute Gasteiger partial charge is 0.314 e. The van der Waals surface area contributed by atoms with Gasteiger partial charge in [-0.15, -0.1) is 0 Å². The van der Waals surface area contributed by atoms with Crippen LogP contribution in [0.25, 0.3) is 11.0 Å². The van der Waals surface area contributed by atoms with Crippen LogP contribution in [0.1, 0.15) is 29.9 Å². The first-order chi connectivity index (χ1) is 14.0. The summed E-state index contributed by atoms with van der Waals surface area (Å²) < 4.78 is 18.8. The first-order valence-electron chi connectivity index (χ1n) is 9.20. The van der Waals surface area contributed by atoms with Gasteiger partial charge in [0.05, 0.1) is 37.3 Å². The number of fused-ring (bicyclic) bond motifs is 1. The van der Waals surface area contributed by atoms with E-state index in [0.717, 1.165) is 22.9 Å². The van der Waals surface area contributed by atoms with Crippen molar-refractivity contribution in [3.63, 3.8) is 0 Å². The summed E-state index contributed by atoms with van der Waals surface area (Å²) in [5, 5.41) is 0. The van der Waals surface area contributed by atoms with Crippen LogP contribution < -0.4 is 4.90 Å². The van der Waals surface area contributed by atoms with Gasteiger partial charge in [0.1, 0.15) is 11.0 Å². The Kier molecular flexibility index (Phi) is 6.43. The summed E-state index contributed by atoms with van der Waals surface area (Å²) in [6.07, 6.45) is 0. The molecule has 1 heterocycles. The monoisotopic (exact) mass is 413 g/mol. The minimum atomic E-state index is -0.862. The maximum atomic E-state index is 13.0. The lowest BCUT2D eigenvalue weighted by Gasteiger charge is -2.25. The zero-order chi connectivity index (χ0) is 21.0. The van der Waals surface area contributed by atoms with E-state index in [4.69, 9.17) is 9.47 Å². The molecule has 0 amide bonds. The first kappa shape index (κ1) is 20.7. The zero-order valence-corrected chi connectivity index (χ0v) is 17.6. The Morgan fingerprint density at radius 3 is 2.21 bits per heavy atom. The summed E-state index contributed by atoms with van der Waals surface area (Å²) in [7, 11) is 5.19. The lowest BCUT2D eigenvalue weighted by molar-refractivity contribution is -0.152. The van der Waals surface area contributed by atoms with Crippen LogP contribution in [0.3, 0.4) is 0 Å². The van der Waals surface area contributed by atoms with Gasteiger partial charge in [-0.05, 0) is 42.3 Å². The van der Waals surface area contributed by atoms with Gasteiger partial charge in [0.2, 0.25) is 0 Å². The standard InChI is InChI=1S/C21H23N3O4S/c1-5-28-21(26)19(14-8-11-16-17(12-14)23-29-22-16)18(20(25)27-4)13-6-9-15(10-7-13)24(2)3/h6-12,18-19H,5H2,1-4H3. The number of aromatic nitrogens is 2. The molecule has 0 bridgehead atoms. The van der Waals surface area contributed by atoms with Crippen molar-refractivity contribution in [2.45, 2.75) is 18.8 Å². The molecule has 0 aliphatic rings. The molecule has 1 aromatic heterocycles. The van der Waals surface area contributed by atoms with Crippen LogP contribution >= 0.6 is 11.7 Å². The Morgan fingerprint density at radius 2 is 1.59 bits per heavy atom. The van der Waals surface area contributed by atoms with Gasteiger partial charge in [-0.25, -0.2) is 0 Å². The first-order valence-corrected chi connectivity index (χ1v) is 9.93. The maximum absolute atomic E-state index is 13.0. The molecule has 0 spiro atoms. The molecule has 3 rings (SSSR count). The third-order valence-corrected chi connectivity index (χ3v) is 5.29. The summed E-state index contributed by atoms with van der Waals surface area (Å²) in [6.45, 7) is 1.95. The molecule has 0 fully saturated rings. The fourth-order valence-corrected chi connectivity index (χ4v) is 3.78. The molecule has 0 aliphatic heterocycles. The van der Waals surface area contributed by atoms with E-state index in [0.29, 0.717) is 16.6 Å². The van der Waals surface area contributed by atoms with Gasteiger partial charge in [-0.3, -0.25) is 9.59 Å². The van der Waals surface area contributed by atoms with Gasteiger partial charge in [-0.2, -0.15) is 8.75 Å². The average Bonchev–Trinajstić information content (AvgIpc) is 3.19. The van der Waals surface area contributed by atoms with Gasteiger partial charge in [0, 0.05) is 19.8 Å². The molecule has 0 radical (unpaired) electrons. The molecule has 0 N–H and O–H groups in total. The highest BCUT2D eigenvalue weighted by atomic mass is 32.1. The number of nitrogens with zero attached hydrogens (tertiary/aromatic N) is 3. The number of methoxy groups -OCH3 is 1. The minimum Gasteiger partial charge on any atom is -0.469 e. The number of carbonyl (C=O) groups is 2. The van der Waals surface area contributed by atoms with Crippen molar-refractivity contribution in [1.82, 2.24) is 8.75 Å². The van der Waals surface area contributed by atoms with Crippen molar-refractivity contribution in [2.24, 2.45) is 0 Å². The molecule has 2 atom stereocenters. The van der Waals surface area contributed by atoms with Crippen molar-refractivity contribution in [3.05, 3.63) is 53.6 Å². The van der Waals surface area contributed by atoms with Crippen molar-refractivity contribution >= 4 is 40.4 Å². The van der Waals surface area contributed by atoms with E-state index in [1.54, 1.807) is 25.1 Å². The number of rotatable bonds is 7. The number of ether oxygens (including phenoxy) is 2. The van der Waals surface area contributed by atoms with E-state index in [1.807, 2.05) is 43.3 Å². The summed E-state index contributed by atoms with van der Waals surface area (Å²) in [5.41, 5.74) is 3.72. The molecule has 3 aromatic rings. The summed E-state index contributed by atoms with van der Waals surface area (Å²) in [5.74, 6) is -2.70. The molecule has 2 aromatic carbocycles. The fraction of sp³-hybridized carbons (Fsp3) is 0.333. The number of benzene rings is 2.